The lowest BCUT2D eigenvalue weighted by atomic mass is 10.0. The minimum atomic E-state index is 0.352. The molecule has 1 unspecified atom stereocenters. The van der Waals surface area contributed by atoms with Crippen molar-refractivity contribution in [3.63, 3.8) is 0 Å². The van der Waals surface area contributed by atoms with Crippen molar-refractivity contribution < 1.29 is 4.74 Å². The molecule has 5 nitrogen and oxygen atoms in total. The first-order valence-electron chi connectivity index (χ1n) is 9.40. The van der Waals surface area contributed by atoms with Crippen molar-refractivity contribution in [2.45, 2.75) is 38.6 Å². The van der Waals surface area contributed by atoms with E-state index in [1.165, 1.54) is 11.1 Å². The number of nitrogens with zero attached hydrogens (tertiary/aromatic N) is 3. The van der Waals surface area contributed by atoms with Crippen molar-refractivity contribution in [3.05, 3.63) is 65.6 Å². The fourth-order valence-electron chi connectivity index (χ4n) is 3.69. The topological polar surface area (TPSA) is 59.9 Å². The third kappa shape index (κ3) is 4.08. The van der Waals surface area contributed by atoms with Crippen LogP contribution in [0.15, 0.2) is 48.7 Å². The Labute approximate surface area is 159 Å². The van der Waals surface area contributed by atoms with Gasteiger partial charge >= 0.3 is 0 Å². The number of aromatic nitrogens is 3. The molecule has 3 aromatic rings. The summed E-state index contributed by atoms with van der Waals surface area (Å²) < 4.78 is 5.37. The summed E-state index contributed by atoms with van der Waals surface area (Å²) in [6.45, 7) is 1.92. The highest BCUT2D eigenvalue weighted by Gasteiger charge is 2.18. The van der Waals surface area contributed by atoms with E-state index < -0.39 is 0 Å². The maximum atomic E-state index is 5.37. The zero-order valence-corrected chi connectivity index (χ0v) is 15.8. The van der Waals surface area contributed by atoms with Crippen molar-refractivity contribution in [1.29, 1.82) is 0 Å². The van der Waals surface area contributed by atoms with Crippen LogP contribution in [0, 0.1) is 6.92 Å². The second-order valence-corrected chi connectivity index (χ2v) is 6.97. The van der Waals surface area contributed by atoms with Gasteiger partial charge in [0.15, 0.2) is 0 Å². The quantitative estimate of drug-likeness (QED) is 0.706. The maximum absolute atomic E-state index is 5.37. The van der Waals surface area contributed by atoms with E-state index in [4.69, 9.17) is 4.74 Å². The van der Waals surface area contributed by atoms with Crippen LogP contribution in [0.1, 0.15) is 29.8 Å². The Balaban J connectivity index is 1.56. The molecule has 0 spiro atoms. The van der Waals surface area contributed by atoms with E-state index in [9.17, 15) is 0 Å². The minimum absolute atomic E-state index is 0.352. The summed E-state index contributed by atoms with van der Waals surface area (Å²) >= 11 is 0. The third-order valence-corrected chi connectivity index (χ3v) is 5.00. The second kappa shape index (κ2) is 7.74. The Morgan fingerprint density at radius 2 is 1.96 bits per heavy atom. The molecule has 0 saturated carbocycles. The van der Waals surface area contributed by atoms with Crippen molar-refractivity contribution in [3.8, 4) is 17.1 Å². The summed E-state index contributed by atoms with van der Waals surface area (Å²) in [6.07, 6.45) is 6.12. The molecule has 1 aliphatic rings. The summed E-state index contributed by atoms with van der Waals surface area (Å²) in [5, 5.41) is 3.63. The minimum Gasteiger partial charge on any atom is -0.497 e. The summed E-state index contributed by atoms with van der Waals surface area (Å²) in [5.74, 6) is 2.55. The van der Waals surface area contributed by atoms with Crippen LogP contribution in [0.3, 0.4) is 0 Å². The van der Waals surface area contributed by atoms with Crippen molar-refractivity contribution >= 4 is 5.82 Å². The Hall–Kier alpha value is -2.95. The lowest BCUT2D eigenvalue weighted by molar-refractivity contribution is 0.414. The molecule has 0 fully saturated rings. The van der Waals surface area contributed by atoms with Crippen molar-refractivity contribution in [2.75, 3.05) is 12.4 Å². The molecule has 1 atom stereocenters. The van der Waals surface area contributed by atoms with Gasteiger partial charge in [0.05, 0.1) is 18.5 Å². The van der Waals surface area contributed by atoms with E-state index in [-0.39, 0.29) is 0 Å². The van der Waals surface area contributed by atoms with E-state index >= 15 is 0 Å². The largest absolute Gasteiger partial charge is 0.497 e. The number of aryl methyl sites for hydroxylation is 2. The first-order valence-corrected chi connectivity index (χ1v) is 9.40. The zero-order valence-electron chi connectivity index (χ0n) is 15.8. The van der Waals surface area contributed by atoms with Gasteiger partial charge in [-0.1, -0.05) is 12.1 Å². The molecule has 4 rings (SSSR count). The zero-order chi connectivity index (χ0) is 18.6. The Kier molecular flexibility index (Phi) is 5.01. The number of fused-ring (bicyclic) bond motifs is 1. The van der Waals surface area contributed by atoms with Crippen LogP contribution in [0.2, 0.25) is 0 Å². The number of hydrogen-bond acceptors (Lipinski definition) is 5. The van der Waals surface area contributed by atoms with Crippen molar-refractivity contribution in [1.82, 2.24) is 15.0 Å². The molecule has 138 valence electrons. The molecular weight excluding hydrogens is 336 g/mol. The van der Waals surface area contributed by atoms with Gasteiger partial charge in [-0.05, 0) is 68.0 Å². The molecule has 5 heteroatoms. The number of hydrogen-bond donors (Lipinski definition) is 1. The molecular formula is C22H24N4O. The number of benzene rings is 1. The molecule has 1 aliphatic carbocycles. The maximum Gasteiger partial charge on any atom is 0.130 e. The second-order valence-electron chi connectivity index (χ2n) is 6.97. The van der Waals surface area contributed by atoms with E-state index in [2.05, 4.69) is 38.5 Å². The van der Waals surface area contributed by atoms with Gasteiger partial charge < -0.3 is 10.1 Å². The molecule has 2 heterocycles. The Morgan fingerprint density at radius 3 is 2.78 bits per heavy atom. The van der Waals surface area contributed by atoms with Gasteiger partial charge in [-0.25, -0.2) is 9.97 Å². The molecule has 1 N–H and O–H groups in total. The van der Waals surface area contributed by atoms with E-state index in [1.807, 2.05) is 31.2 Å². The SMILES string of the molecule is COc1ccc2c(c1)CCCC(Nc1cc(-c3ccccn3)nc(C)n1)C2. The fraction of sp³-hybridized carbons (Fsp3) is 0.318. The standard InChI is InChI=1S/C22H24N4O/c1-15-24-21(20-8-3-4-11-23-20)14-22(25-15)26-18-7-5-6-16-13-19(27-2)10-9-17(16)12-18/h3-4,8-11,13-14,18H,5-7,12H2,1-2H3,(H,24,25,26). The van der Waals surface area contributed by atoms with E-state index in [0.29, 0.717) is 6.04 Å². The summed E-state index contributed by atoms with van der Waals surface area (Å²) in [6, 6.07) is 14.6. The smallest absolute Gasteiger partial charge is 0.130 e. The van der Waals surface area contributed by atoms with Crippen LogP contribution in [0.5, 0.6) is 5.75 Å². The molecule has 0 bridgehead atoms. The highest BCUT2D eigenvalue weighted by molar-refractivity contribution is 5.58. The average molecular weight is 360 g/mol. The van der Waals surface area contributed by atoms with Crippen LogP contribution in [-0.2, 0) is 12.8 Å². The summed E-state index contributed by atoms with van der Waals surface area (Å²) in [4.78, 5) is 13.5. The first-order chi connectivity index (χ1) is 13.2. The van der Waals surface area contributed by atoms with Crippen LogP contribution < -0.4 is 10.1 Å². The van der Waals surface area contributed by atoms with Gasteiger partial charge in [0.2, 0.25) is 0 Å². The molecule has 0 saturated heterocycles. The van der Waals surface area contributed by atoms with E-state index in [1.54, 1.807) is 13.3 Å². The van der Waals surface area contributed by atoms with Gasteiger partial charge in [-0.3, -0.25) is 4.98 Å². The highest BCUT2D eigenvalue weighted by atomic mass is 16.5. The first kappa shape index (κ1) is 17.5. The van der Waals surface area contributed by atoms with Gasteiger partial charge in [0, 0.05) is 18.3 Å². The molecule has 0 amide bonds. The molecule has 1 aromatic carbocycles. The number of pyridine rings is 1. The summed E-state index contributed by atoms with van der Waals surface area (Å²) in [7, 11) is 1.72. The van der Waals surface area contributed by atoms with Gasteiger partial charge in [0.25, 0.3) is 0 Å². The molecule has 0 radical (unpaired) electrons. The predicted molar refractivity (Wildman–Crippen MR) is 107 cm³/mol. The normalized spacial score (nSPS) is 16.3. The number of methoxy groups -OCH3 is 1. The number of rotatable bonds is 4. The highest BCUT2D eigenvalue weighted by Crippen LogP contribution is 2.27. The van der Waals surface area contributed by atoms with Gasteiger partial charge in [0.1, 0.15) is 17.4 Å². The van der Waals surface area contributed by atoms with Crippen molar-refractivity contribution in [2.24, 2.45) is 0 Å². The molecule has 2 aromatic heterocycles. The number of nitrogens with one attached hydrogen (secondary N) is 1. The van der Waals surface area contributed by atoms with Crippen LogP contribution in [0.4, 0.5) is 5.82 Å². The van der Waals surface area contributed by atoms with E-state index in [0.717, 1.165) is 54.5 Å². The average Bonchev–Trinajstić information content (AvgIpc) is 2.89. The lowest BCUT2D eigenvalue weighted by Crippen LogP contribution is -2.22. The number of ether oxygens (including phenoxy) is 1. The lowest BCUT2D eigenvalue weighted by Gasteiger charge is -2.18. The number of anilines is 1. The molecule has 0 aliphatic heterocycles. The Bertz CT molecular complexity index is 927. The summed E-state index contributed by atoms with van der Waals surface area (Å²) in [5.41, 5.74) is 4.50. The van der Waals surface area contributed by atoms with Gasteiger partial charge in [-0.2, -0.15) is 0 Å². The van der Waals surface area contributed by atoms with Crippen LogP contribution in [0.25, 0.3) is 11.4 Å². The fourth-order valence-corrected chi connectivity index (χ4v) is 3.69. The van der Waals surface area contributed by atoms with Crippen LogP contribution in [-0.4, -0.2) is 28.1 Å². The molecule has 27 heavy (non-hydrogen) atoms. The predicted octanol–water partition coefficient (Wildman–Crippen LogP) is 4.22. The van der Waals surface area contributed by atoms with Crippen LogP contribution >= 0.6 is 0 Å². The monoisotopic (exact) mass is 360 g/mol. The Morgan fingerprint density at radius 1 is 1.04 bits per heavy atom. The third-order valence-electron chi connectivity index (χ3n) is 5.00. The van der Waals surface area contributed by atoms with Gasteiger partial charge in [-0.15, -0.1) is 0 Å².